The van der Waals surface area contributed by atoms with E-state index in [0.717, 1.165) is 60.7 Å². The van der Waals surface area contributed by atoms with Gasteiger partial charge in [-0.25, -0.2) is 4.98 Å². The molecule has 8 nitrogen and oxygen atoms in total. The second-order valence-electron chi connectivity index (χ2n) is 10.4. The van der Waals surface area contributed by atoms with E-state index in [0.29, 0.717) is 18.1 Å². The summed E-state index contributed by atoms with van der Waals surface area (Å²) >= 11 is 0. The van der Waals surface area contributed by atoms with Crippen molar-refractivity contribution in [3.63, 3.8) is 0 Å². The van der Waals surface area contributed by atoms with E-state index in [1.807, 2.05) is 35.8 Å². The van der Waals surface area contributed by atoms with Gasteiger partial charge >= 0.3 is 0 Å². The van der Waals surface area contributed by atoms with Crippen LogP contribution < -0.4 is 11.1 Å². The van der Waals surface area contributed by atoms with Gasteiger partial charge in [0.1, 0.15) is 5.82 Å². The maximum Gasteiger partial charge on any atom is 0.249 e. The largest absolute Gasteiger partial charge is 0.366 e. The molecule has 0 radical (unpaired) electrons. The number of nitrogens with one attached hydrogen (secondary N) is 1. The van der Waals surface area contributed by atoms with Crippen LogP contribution in [0.15, 0.2) is 54.6 Å². The predicted molar refractivity (Wildman–Crippen MR) is 153 cm³/mol. The van der Waals surface area contributed by atoms with E-state index in [4.69, 9.17) is 15.7 Å². The van der Waals surface area contributed by atoms with Crippen molar-refractivity contribution in [2.24, 2.45) is 5.73 Å². The third-order valence-electron chi connectivity index (χ3n) is 7.26. The van der Waals surface area contributed by atoms with E-state index in [-0.39, 0.29) is 0 Å². The predicted octanol–water partition coefficient (Wildman–Crippen LogP) is 4.14. The van der Waals surface area contributed by atoms with Crippen LogP contribution in [0.5, 0.6) is 0 Å². The van der Waals surface area contributed by atoms with Crippen LogP contribution in [0, 0.1) is 6.92 Å². The van der Waals surface area contributed by atoms with E-state index in [2.05, 4.69) is 53.5 Å². The average Bonchev–Trinajstić information content (AvgIpc) is 3.25. The number of anilines is 1. The molecule has 0 saturated carbocycles. The van der Waals surface area contributed by atoms with Crippen molar-refractivity contribution in [2.45, 2.75) is 39.3 Å². The van der Waals surface area contributed by atoms with Gasteiger partial charge in [0, 0.05) is 41.8 Å². The Morgan fingerprint density at radius 3 is 2.66 bits per heavy atom. The molecule has 0 atom stereocenters. The third kappa shape index (κ3) is 5.56. The van der Waals surface area contributed by atoms with Gasteiger partial charge in [0.15, 0.2) is 0 Å². The number of fused-ring (bicyclic) bond motifs is 2. The van der Waals surface area contributed by atoms with Crippen LogP contribution in [0.1, 0.15) is 45.7 Å². The molecule has 8 heteroatoms. The number of carbonyl (C=O) groups is 1. The number of hydrogen-bond donors (Lipinski definition) is 2. The molecule has 0 aliphatic carbocycles. The van der Waals surface area contributed by atoms with Crippen LogP contribution in [0.4, 0.5) is 5.82 Å². The lowest BCUT2D eigenvalue weighted by Crippen LogP contribution is -2.33. The molecule has 1 amide bonds. The number of nitrogens with two attached hydrogens (primary N) is 1. The highest BCUT2D eigenvalue weighted by Crippen LogP contribution is 2.29. The molecular weight excluding hydrogens is 474 g/mol. The quantitative estimate of drug-likeness (QED) is 0.311. The molecule has 38 heavy (non-hydrogen) atoms. The molecule has 1 aliphatic rings. The first-order chi connectivity index (χ1) is 18.4. The molecule has 0 saturated heterocycles. The molecule has 0 bridgehead atoms. The lowest BCUT2D eigenvalue weighted by atomic mass is 10.0. The maximum absolute atomic E-state index is 12.1. The second-order valence-corrected chi connectivity index (χ2v) is 10.4. The van der Waals surface area contributed by atoms with Crippen molar-refractivity contribution < 1.29 is 4.79 Å². The number of carbonyl (C=O) groups excluding carboxylic acids is 1. The van der Waals surface area contributed by atoms with Crippen LogP contribution in [0.3, 0.4) is 0 Å². The molecule has 4 aromatic rings. The minimum Gasteiger partial charge on any atom is -0.366 e. The zero-order valence-electron chi connectivity index (χ0n) is 22.6. The zero-order chi connectivity index (χ0) is 26.6. The van der Waals surface area contributed by atoms with Gasteiger partial charge in [0.25, 0.3) is 0 Å². The SMILES string of the molecule is Cc1cc2c(C(N)=O)cccc2n1-c1nc2c(c(NCc3ccccc3)n1)CCN(CCCCN(C)C)C2. The topological polar surface area (TPSA) is 92.3 Å². The van der Waals surface area contributed by atoms with Crippen LogP contribution in [-0.4, -0.2) is 64.0 Å². The van der Waals surface area contributed by atoms with Crippen LogP contribution in [0.2, 0.25) is 0 Å². The summed E-state index contributed by atoms with van der Waals surface area (Å²) in [5.74, 6) is 1.06. The van der Waals surface area contributed by atoms with E-state index in [9.17, 15) is 4.79 Å². The minimum atomic E-state index is -0.436. The molecule has 3 heterocycles. The number of hydrogen-bond acceptors (Lipinski definition) is 6. The normalized spacial score (nSPS) is 13.7. The highest BCUT2D eigenvalue weighted by atomic mass is 16.1. The van der Waals surface area contributed by atoms with E-state index >= 15 is 0 Å². The summed E-state index contributed by atoms with van der Waals surface area (Å²) in [4.78, 5) is 27.0. The Kier molecular flexibility index (Phi) is 7.72. The fourth-order valence-electron chi connectivity index (χ4n) is 5.30. The van der Waals surface area contributed by atoms with Crippen molar-refractivity contribution >= 4 is 22.6 Å². The summed E-state index contributed by atoms with van der Waals surface area (Å²) in [6.45, 7) is 6.68. The van der Waals surface area contributed by atoms with Crippen molar-refractivity contribution in [3.05, 3.63) is 82.7 Å². The molecule has 0 fully saturated rings. The summed E-state index contributed by atoms with van der Waals surface area (Å²) in [6.07, 6.45) is 3.27. The van der Waals surface area contributed by atoms with Gasteiger partial charge in [0.2, 0.25) is 11.9 Å². The van der Waals surface area contributed by atoms with E-state index in [1.165, 1.54) is 24.0 Å². The minimum absolute atomic E-state index is 0.436. The van der Waals surface area contributed by atoms with Crippen LogP contribution >= 0.6 is 0 Å². The van der Waals surface area contributed by atoms with Gasteiger partial charge in [-0.05, 0) is 77.1 Å². The molecule has 3 N–H and O–H groups in total. The Balaban J connectivity index is 1.51. The summed E-state index contributed by atoms with van der Waals surface area (Å²) < 4.78 is 2.03. The van der Waals surface area contributed by atoms with Gasteiger partial charge in [-0.2, -0.15) is 4.98 Å². The summed E-state index contributed by atoms with van der Waals surface area (Å²) in [7, 11) is 4.25. The van der Waals surface area contributed by atoms with Gasteiger partial charge in [-0.3, -0.25) is 14.3 Å². The first-order valence-electron chi connectivity index (χ1n) is 13.4. The number of aryl methyl sites for hydroxylation is 1. The zero-order valence-corrected chi connectivity index (χ0v) is 22.6. The number of primary amides is 1. The highest BCUT2D eigenvalue weighted by molar-refractivity contribution is 6.06. The summed E-state index contributed by atoms with van der Waals surface area (Å²) in [6, 6.07) is 18.0. The number of unbranched alkanes of at least 4 members (excludes halogenated alkanes) is 1. The maximum atomic E-state index is 12.1. The third-order valence-corrected chi connectivity index (χ3v) is 7.26. The molecule has 0 unspecified atom stereocenters. The standard InChI is InChI=1S/C30H37N7O/c1-21-18-25-23(28(31)38)12-9-13-27(25)37(21)30-33-26-20-36(16-8-7-15-35(2)3)17-14-24(26)29(34-30)32-19-22-10-5-4-6-11-22/h4-6,9-13,18H,7-8,14-17,19-20H2,1-3H3,(H2,31,38)(H,32,33,34). The fraction of sp³-hybridized carbons (Fsp3) is 0.367. The molecule has 5 rings (SSSR count). The summed E-state index contributed by atoms with van der Waals surface area (Å²) in [5, 5.41) is 4.43. The number of rotatable bonds is 10. The number of aromatic nitrogens is 3. The van der Waals surface area contributed by atoms with Gasteiger partial charge in [0.05, 0.1) is 11.2 Å². The van der Waals surface area contributed by atoms with Crippen LogP contribution in [0.25, 0.3) is 16.9 Å². The molecule has 2 aromatic carbocycles. The monoisotopic (exact) mass is 511 g/mol. The Hall–Kier alpha value is -3.75. The van der Waals surface area contributed by atoms with Crippen molar-refractivity contribution in [1.82, 2.24) is 24.3 Å². The Labute approximate surface area is 224 Å². The molecular formula is C30H37N7O. The lowest BCUT2D eigenvalue weighted by Gasteiger charge is -2.29. The number of benzene rings is 2. The Morgan fingerprint density at radius 1 is 1.08 bits per heavy atom. The van der Waals surface area contributed by atoms with Crippen molar-refractivity contribution in [3.8, 4) is 5.95 Å². The Bertz CT molecular complexity index is 1430. The van der Waals surface area contributed by atoms with Crippen LogP contribution in [-0.2, 0) is 19.5 Å². The smallest absolute Gasteiger partial charge is 0.249 e. The van der Waals surface area contributed by atoms with Gasteiger partial charge < -0.3 is 16.0 Å². The number of amides is 1. The van der Waals surface area contributed by atoms with Crippen molar-refractivity contribution in [1.29, 1.82) is 0 Å². The lowest BCUT2D eigenvalue weighted by molar-refractivity contribution is 0.100. The van der Waals surface area contributed by atoms with E-state index in [1.54, 1.807) is 6.07 Å². The second kappa shape index (κ2) is 11.3. The van der Waals surface area contributed by atoms with Gasteiger partial charge in [-0.1, -0.05) is 36.4 Å². The average molecular weight is 512 g/mol. The molecule has 198 valence electrons. The highest BCUT2D eigenvalue weighted by Gasteiger charge is 2.24. The van der Waals surface area contributed by atoms with Crippen molar-refractivity contribution in [2.75, 3.05) is 39.0 Å². The molecule has 0 spiro atoms. The Morgan fingerprint density at radius 2 is 1.89 bits per heavy atom. The summed E-state index contributed by atoms with van der Waals surface area (Å²) in [5.41, 5.74) is 11.5. The molecule has 1 aliphatic heterocycles. The first-order valence-corrected chi connectivity index (χ1v) is 13.4. The number of nitrogens with zero attached hydrogens (tertiary/aromatic N) is 5. The van der Waals surface area contributed by atoms with E-state index < -0.39 is 5.91 Å². The fourth-order valence-corrected chi connectivity index (χ4v) is 5.30. The molecule has 2 aromatic heterocycles. The first kappa shape index (κ1) is 25.9. The van der Waals surface area contributed by atoms with Gasteiger partial charge in [-0.15, -0.1) is 0 Å².